The summed E-state index contributed by atoms with van der Waals surface area (Å²) >= 11 is 1.67. The molecular weight excluding hydrogens is 257 g/mol. The largest absolute Gasteiger partial charge is 0.320 e. The Hall–Kier alpha value is -1.71. The second kappa shape index (κ2) is 4.76. The van der Waals surface area contributed by atoms with Gasteiger partial charge in [0.05, 0.1) is 6.04 Å². The molecule has 3 rings (SSSR count). The molecule has 0 saturated carbocycles. The van der Waals surface area contributed by atoms with Crippen LogP contribution in [0.5, 0.6) is 0 Å². The molecule has 0 fully saturated rings. The molecule has 2 aromatic carbocycles. The van der Waals surface area contributed by atoms with Gasteiger partial charge in [-0.1, -0.05) is 24.3 Å². The van der Waals surface area contributed by atoms with Crippen molar-refractivity contribution in [2.45, 2.75) is 13.0 Å². The van der Waals surface area contributed by atoms with Crippen LogP contribution < -0.4 is 5.73 Å². The Balaban J connectivity index is 2.13. The summed E-state index contributed by atoms with van der Waals surface area (Å²) in [7, 11) is 0. The zero-order valence-corrected chi connectivity index (χ0v) is 11.4. The van der Waals surface area contributed by atoms with Crippen LogP contribution in [0.1, 0.15) is 22.7 Å². The third-order valence-electron chi connectivity index (χ3n) is 3.27. The normalized spacial score (nSPS) is 12.8. The Morgan fingerprint density at radius 1 is 1.16 bits per heavy atom. The first-order valence-electron chi connectivity index (χ1n) is 6.14. The van der Waals surface area contributed by atoms with Crippen LogP contribution in [0, 0.1) is 12.7 Å². The molecule has 3 heteroatoms. The number of thiophene rings is 1. The molecule has 0 amide bonds. The summed E-state index contributed by atoms with van der Waals surface area (Å²) in [6, 6.07) is 12.8. The number of hydrogen-bond donors (Lipinski definition) is 1. The van der Waals surface area contributed by atoms with Gasteiger partial charge in [0.2, 0.25) is 0 Å². The molecule has 1 aromatic heterocycles. The van der Waals surface area contributed by atoms with Crippen LogP contribution in [-0.4, -0.2) is 0 Å². The van der Waals surface area contributed by atoms with Gasteiger partial charge >= 0.3 is 0 Å². The fourth-order valence-corrected chi connectivity index (χ4v) is 3.34. The van der Waals surface area contributed by atoms with Gasteiger partial charge in [0.1, 0.15) is 5.82 Å². The van der Waals surface area contributed by atoms with Crippen LogP contribution in [0.3, 0.4) is 0 Å². The smallest absolute Gasteiger partial charge is 0.123 e. The SMILES string of the molecule is Cc1cc(F)cc(C(N)c2cccc3ccsc23)c1. The highest BCUT2D eigenvalue weighted by Gasteiger charge is 2.14. The minimum atomic E-state index is -0.295. The average Bonchev–Trinajstić information content (AvgIpc) is 2.84. The van der Waals surface area contributed by atoms with Gasteiger partial charge in [-0.3, -0.25) is 0 Å². The predicted octanol–water partition coefficient (Wildman–Crippen LogP) is 4.40. The quantitative estimate of drug-likeness (QED) is 0.734. The molecule has 0 aliphatic heterocycles. The standard InChI is InChI=1S/C16H14FNS/c1-10-7-12(9-13(17)8-10)15(18)14-4-2-3-11-5-6-19-16(11)14/h2-9,15H,18H2,1H3. The predicted molar refractivity (Wildman–Crippen MR) is 79.0 cm³/mol. The van der Waals surface area contributed by atoms with Crippen molar-refractivity contribution in [1.29, 1.82) is 0 Å². The summed E-state index contributed by atoms with van der Waals surface area (Å²) in [6.07, 6.45) is 0. The second-order valence-corrected chi connectivity index (χ2v) is 5.64. The maximum atomic E-state index is 13.5. The molecule has 0 bridgehead atoms. The minimum absolute atomic E-state index is 0.233. The van der Waals surface area contributed by atoms with Crippen LogP contribution in [0.2, 0.25) is 0 Å². The molecule has 1 atom stereocenters. The molecule has 1 nitrogen and oxygen atoms in total. The van der Waals surface area contributed by atoms with E-state index in [4.69, 9.17) is 5.73 Å². The molecule has 1 heterocycles. The second-order valence-electron chi connectivity index (χ2n) is 4.73. The first-order chi connectivity index (χ1) is 9.15. The van der Waals surface area contributed by atoms with Gasteiger partial charge in [0, 0.05) is 4.70 Å². The molecule has 3 aromatic rings. The van der Waals surface area contributed by atoms with E-state index in [2.05, 4.69) is 17.5 Å². The van der Waals surface area contributed by atoms with Crippen LogP contribution in [-0.2, 0) is 0 Å². The Morgan fingerprint density at radius 3 is 2.79 bits per heavy atom. The van der Waals surface area contributed by atoms with Gasteiger partial charge < -0.3 is 5.73 Å². The summed E-state index contributed by atoms with van der Waals surface area (Å²) in [5, 5.41) is 3.24. The van der Waals surface area contributed by atoms with Crippen molar-refractivity contribution in [1.82, 2.24) is 0 Å². The van der Waals surface area contributed by atoms with E-state index in [-0.39, 0.29) is 11.9 Å². The van der Waals surface area contributed by atoms with Crippen molar-refractivity contribution < 1.29 is 4.39 Å². The van der Waals surface area contributed by atoms with Gasteiger partial charge in [-0.2, -0.15) is 0 Å². The van der Waals surface area contributed by atoms with E-state index in [0.29, 0.717) is 0 Å². The topological polar surface area (TPSA) is 26.0 Å². The molecule has 0 aliphatic rings. The van der Waals surface area contributed by atoms with E-state index in [1.54, 1.807) is 11.3 Å². The van der Waals surface area contributed by atoms with E-state index < -0.39 is 0 Å². The third kappa shape index (κ3) is 2.27. The van der Waals surface area contributed by atoms with Crippen molar-refractivity contribution in [3.63, 3.8) is 0 Å². The molecule has 0 spiro atoms. The lowest BCUT2D eigenvalue weighted by Gasteiger charge is -2.14. The van der Waals surface area contributed by atoms with Gasteiger partial charge in [-0.05, 0) is 52.6 Å². The number of halogens is 1. The van der Waals surface area contributed by atoms with E-state index in [1.807, 2.05) is 25.1 Å². The first-order valence-corrected chi connectivity index (χ1v) is 7.02. The highest BCUT2D eigenvalue weighted by molar-refractivity contribution is 7.17. The highest BCUT2D eigenvalue weighted by atomic mass is 32.1. The number of hydrogen-bond acceptors (Lipinski definition) is 2. The summed E-state index contributed by atoms with van der Waals surface area (Å²) in [6.45, 7) is 1.88. The molecule has 0 aliphatic carbocycles. The van der Waals surface area contributed by atoms with Gasteiger partial charge in [0.25, 0.3) is 0 Å². The Labute approximate surface area is 115 Å². The fraction of sp³-hybridized carbons (Fsp3) is 0.125. The van der Waals surface area contributed by atoms with Crippen molar-refractivity contribution >= 4 is 21.4 Å². The maximum Gasteiger partial charge on any atom is 0.123 e. The number of fused-ring (bicyclic) bond motifs is 1. The average molecular weight is 271 g/mol. The lowest BCUT2D eigenvalue weighted by molar-refractivity contribution is 0.622. The molecule has 1 unspecified atom stereocenters. The summed E-state index contributed by atoms with van der Waals surface area (Å²) in [5.74, 6) is -0.233. The molecule has 96 valence electrons. The van der Waals surface area contributed by atoms with Crippen molar-refractivity contribution in [3.05, 3.63) is 70.4 Å². The van der Waals surface area contributed by atoms with Gasteiger partial charge in [-0.25, -0.2) is 4.39 Å². The third-order valence-corrected chi connectivity index (χ3v) is 4.25. The molecule has 0 radical (unpaired) electrons. The zero-order chi connectivity index (χ0) is 13.4. The van der Waals surface area contributed by atoms with Crippen LogP contribution >= 0.6 is 11.3 Å². The van der Waals surface area contributed by atoms with Crippen molar-refractivity contribution in [2.24, 2.45) is 5.73 Å². The van der Waals surface area contributed by atoms with Crippen LogP contribution in [0.25, 0.3) is 10.1 Å². The summed E-state index contributed by atoms with van der Waals surface area (Å²) in [5.41, 5.74) is 9.08. The highest BCUT2D eigenvalue weighted by Crippen LogP contribution is 2.31. The van der Waals surface area contributed by atoms with Gasteiger partial charge in [0.15, 0.2) is 0 Å². The van der Waals surface area contributed by atoms with E-state index in [1.165, 1.54) is 22.2 Å². The summed E-state index contributed by atoms with van der Waals surface area (Å²) in [4.78, 5) is 0. The molecule has 2 N–H and O–H groups in total. The van der Waals surface area contributed by atoms with E-state index in [9.17, 15) is 4.39 Å². The Morgan fingerprint density at radius 2 is 2.00 bits per heavy atom. The Bertz CT molecular complexity index is 712. The first kappa shape index (κ1) is 12.3. The zero-order valence-electron chi connectivity index (χ0n) is 10.6. The van der Waals surface area contributed by atoms with Gasteiger partial charge in [-0.15, -0.1) is 11.3 Å². The van der Waals surface area contributed by atoms with Crippen molar-refractivity contribution in [2.75, 3.05) is 0 Å². The van der Waals surface area contributed by atoms with E-state index in [0.717, 1.165) is 16.7 Å². The monoisotopic (exact) mass is 271 g/mol. The lowest BCUT2D eigenvalue weighted by atomic mass is 9.97. The molecular formula is C16H14FNS. The minimum Gasteiger partial charge on any atom is -0.320 e. The molecule has 19 heavy (non-hydrogen) atoms. The van der Waals surface area contributed by atoms with E-state index >= 15 is 0 Å². The Kier molecular flexibility index (Phi) is 3.09. The number of nitrogens with two attached hydrogens (primary N) is 1. The number of aryl methyl sites for hydroxylation is 1. The number of benzene rings is 2. The number of rotatable bonds is 2. The van der Waals surface area contributed by atoms with Crippen LogP contribution in [0.15, 0.2) is 47.8 Å². The molecule has 0 saturated heterocycles. The van der Waals surface area contributed by atoms with Crippen LogP contribution in [0.4, 0.5) is 4.39 Å². The lowest BCUT2D eigenvalue weighted by Crippen LogP contribution is -2.12. The summed E-state index contributed by atoms with van der Waals surface area (Å²) < 4.78 is 14.7. The maximum absolute atomic E-state index is 13.5. The fourth-order valence-electron chi connectivity index (χ4n) is 2.38. The van der Waals surface area contributed by atoms with Crippen molar-refractivity contribution in [3.8, 4) is 0 Å².